The number of thioether (sulfide) groups is 1. The lowest BCUT2D eigenvalue weighted by Crippen LogP contribution is -2.20. The highest BCUT2D eigenvalue weighted by atomic mass is 35.5. The first-order valence-corrected chi connectivity index (χ1v) is 11.0. The molecule has 0 spiro atoms. The maximum absolute atomic E-state index is 12.2. The van der Waals surface area contributed by atoms with E-state index in [2.05, 4.69) is 32.6 Å². The summed E-state index contributed by atoms with van der Waals surface area (Å²) in [6.07, 6.45) is 3.41. The van der Waals surface area contributed by atoms with Crippen LogP contribution < -0.4 is 10.7 Å². The zero-order valence-electron chi connectivity index (χ0n) is 17.1. The van der Waals surface area contributed by atoms with Gasteiger partial charge in [-0.05, 0) is 42.3 Å². The molecule has 1 heterocycles. The SMILES string of the molecule is C=CCn1c(CNc2ccc(Cl)cc2)nnc1SCC(=O)N/N=C\c1ccccc1C. The number of nitrogens with zero attached hydrogens (tertiary/aromatic N) is 4. The van der Waals surface area contributed by atoms with Crippen molar-refractivity contribution in [1.29, 1.82) is 0 Å². The van der Waals surface area contributed by atoms with E-state index in [9.17, 15) is 4.79 Å². The number of carbonyl (C=O) groups is 1. The molecule has 1 aromatic heterocycles. The summed E-state index contributed by atoms with van der Waals surface area (Å²) in [7, 11) is 0. The third-order valence-corrected chi connectivity index (χ3v) is 5.53. The number of anilines is 1. The van der Waals surface area contributed by atoms with Gasteiger partial charge in [-0.25, -0.2) is 5.43 Å². The zero-order valence-corrected chi connectivity index (χ0v) is 18.7. The van der Waals surface area contributed by atoms with E-state index in [1.165, 1.54) is 11.8 Å². The molecular formula is C22H23ClN6OS. The Balaban J connectivity index is 1.55. The van der Waals surface area contributed by atoms with Gasteiger partial charge >= 0.3 is 0 Å². The number of hydrazone groups is 1. The minimum Gasteiger partial charge on any atom is -0.378 e. The van der Waals surface area contributed by atoms with E-state index >= 15 is 0 Å². The van der Waals surface area contributed by atoms with Crippen molar-refractivity contribution in [3.8, 4) is 0 Å². The number of halogens is 1. The van der Waals surface area contributed by atoms with Crippen molar-refractivity contribution in [2.45, 2.75) is 25.2 Å². The molecule has 31 heavy (non-hydrogen) atoms. The fourth-order valence-electron chi connectivity index (χ4n) is 2.69. The molecule has 0 aliphatic carbocycles. The van der Waals surface area contributed by atoms with Crippen LogP contribution in [0.25, 0.3) is 0 Å². The Morgan fingerprint density at radius 3 is 2.74 bits per heavy atom. The zero-order chi connectivity index (χ0) is 22.1. The Morgan fingerprint density at radius 2 is 2.00 bits per heavy atom. The Hall–Kier alpha value is -3.10. The summed E-state index contributed by atoms with van der Waals surface area (Å²) in [6, 6.07) is 15.3. The van der Waals surface area contributed by atoms with Crippen molar-refractivity contribution < 1.29 is 4.79 Å². The lowest BCUT2D eigenvalue weighted by Gasteiger charge is -2.09. The Labute approximate surface area is 190 Å². The standard InChI is InChI=1S/C22H23ClN6OS/c1-3-12-29-20(14-24-19-10-8-18(23)9-11-19)26-28-22(29)31-15-21(30)27-25-13-17-7-5-4-6-16(17)2/h3-11,13,24H,1,12,14-15H2,2H3,(H,27,30)/b25-13-. The summed E-state index contributed by atoms with van der Waals surface area (Å²) >= 11 is 7.22. The van der Waals surface area contributed by atoms with Crippen LogP contribution in [0, 0.1) is 6.92 Å². The van der Waals surface area contributed by atoms with E-state index in [0.29, 0.717) is 23.3 Å². The number of rotatable bonds is 10. The summed E-state index contributed by atoms with van der Waals surface area (Å²) in [5.74, 6) is 0.699. The van der Waals surface area contributed by atoms with E-state index < -0.39 is 0 Å². The average molecular weight is 455 g/mol. The number of nitrogens with one attached hydrogen (secondary N) is 2. The number of amides is 1. The Bertz CT molecular complexity index is 1060. The van der Waals surface area contributed by atoms with Gasteiger partial charge in [0.05, 0.1) is 18.5 Å². The van der Waals surface area contributed by atoms with Crippen LogP contribution in [0.15, 0.2) is 71.4 Å². The van der Waals surface area contributed by atoms with Gasteiger partial charge in [-0.3, -0.25) is 4.79 Å². The first-order chi connectivity index (χ1) is 15.1. The summed E-state index contributed by atoms with van der Waals surface area (Å²) in [5, 5.41) is 17.1. The van der Waals surface area contributed by atoms with Crippen molar-refractivity contribution in [2.24, 2.45) is 5.10 Å². The first-order valence-electron chi connectivity index (χ1n) is 9.59. The van der Waals surface area contributed by atoms with Gasteiger partial charge in [0.15, 0.2) is 11.0 Å². The highest BCUT2D eigenvalue weighted by Crippen LogP contribution is 2.19. The maximum Gasteiger partial charge on any atom is 0.250 e. The third kappa shape index (κ3) is 6.70. The van der Waals surface area contributed by atoms with E-state index in [0.717, 1.165) is 22.6 Å². The van der Waals surface area contributed by atoms with Crippen LogP contribution >= 0.6 is 23.4 Å². The van der Waals surface area contributed by atoms with E-state index in [-0.39, 0.29) is 11.7 Å². The highest BCUT2D eigenvalue weighted by molar-refractivity contribution is 7.99. The number of hydrogen-bond acceptors (Lipinski definition) is 6. The first kappa shape index (κ1) is 22.6. The summed E-state index contributed by atoms with van der Waals surface area (Å²) in [5.41, 5.74) is 5.52. The number of aromatic nitrogens is 3. The fraction of sp³-hybridized carbons (Fsp3) is 0.182. The number of aryl methyl sites for hydroxylation is 1. The van der Waals surface area contributed by atoms with Gasteiger partial charge in [-0.15, -0.1) is 16.8 Å². The van der Waals surface area contributed by atoms with Gasteiger partial charge in [-0.2, -0.15) is 5.10 Å². The second kappa shape index (κ2) is 11.3. The predicted octanol–water partition coefficient (Wildman–Crippen LogP) is 4.28. The molecule has 0 bridgehead atoms. The van der Waals surface area contributed by atoms with Gasteiger partial charge in [0.2, 0.25) is 0 Å². The van der Waals surface area contributed by atoms with Crippen LogP contribution in [-0.2, 0) is 17.9 Å². The van der Waals surface area contributed by atoms with Gasteiger partial charge in [0, 0.05) is 17.3 Å². The minimum atomic E-state index is -0.219. The van der Waals surface area contributed by atoms with E-state index in [1.54, 1.807) is 12.3 Å². The molecule has 9 heteroatoms. The number of carbonyl (C=O) groups excluding carboxylic acids is 1. The van der Waals surface area contributed by atoms with Crippen molar-refractivity contribution in [1.82, 2.24) is 20.2 Å². The lowest BCUT2D eigenvalue weighted by atomic mass is 10.1. The second-order valence-corrected chi connectivity index (χ2v) is 7.98. The maximum atomic E-state index is 12.2. The lowest BCUT2D eigenvalue weighted by molar-refractivity contribution is -0.118. The molecule has 2 aromatic carbocycles. The summed E-state index contributed by atoms with van der Waals surface area (Å²) in [6.45, 7) is 6.81. The molecule has 2 N–H and O–H groups in total. The van der Waals surface area contributed by atoms with Crippen molar-refractivity contribution >= 4 is 41.2 Å². The number of allylic oxidation sites excluding steroid dienone is 1. The van der Waals surface area contributed by atoms with E-state index in [4.69, 9.17) is 11.6 Å². The molecule has 0 saturated heterocycles. The van der Waals surface area contributed by atoms with Crippen LogP contribution in [0.3, 0.4) is 0 Å². The van der Waals surface area contributed by atoms with Gasteiger partial charge in [0.1, 0.15) is 0 Å². The predicted molar refractivity (Wildman–Crippen MR) is 127 cm³/mol. The van der Waals surface area contributed by atoms with Crippen molar-refractivity contribution in [3.05, 3.63) is 83.2 Å². The molecule has 0 fully saturated rings. The minimum absolute atomic E-state index is 0.172. The molecule has 0 radical (unpaired) electrons. The molecule has 0 aliphatic rings. The largest absolute Gasteiger partial charge is 0.378 e. The normalized spacial score (nSPS) is 10.9. The third-order valence-electron chi connectivity index (χ3n) is 4.31. The smallest absolute Gasteiger partial charge is 0.250 e. The molecule has 7 nitrogen and oxygen atoms in total. The van der Waals surface area contributed by atoms with Gasteiger partial charge in [-0.1, -0.05) is 53.7 Å². The van der Waals surface area contributed by atoms with Crippen LogP contribution in [0.1, 0.15) is 17.0 Å². The average Bonchev–Trinajstić information content (AvgIpc) is 3.15. The second-order valence-electron chi connectivity index (χ2n) is 6.60. The molecule has 0 unspecified atom stereocenters. The highest BCUT2D eigenvalue weighted by Gasteiger charge is 2.13. The fourth-order valence-corrected chi connectivity index (χ4v) is 3.57. The van der Waals surface area contributed by atoms with Crippen molar-refractivity contribution in [3.63, 3.8) is 0 Å². The molecule has 0 saturated carbocycles. The van der Waals surface area contributed by atoms with Crippen LogP contribution in [-0.4, -0.2) is 32.6 Å². The van der Waals surface area contributed by atoms with Crippen molar-refractivity contribution in [2.75, 3.05) is 11.1 Å². The topological polar surface area (TPSA) is 84.2 Å². The Morgan fingerprint density at radius 1 is 1.23 bits per heavy atom. The summed E-state index contributed by atoms with van der Waals surface area (Å²) in [4.78, 5) is 12.2. The monoisotopic (exact) mass is 454 g/mol. The molecule has 1 amide bonds. The quantitative estimate of drug-likeness (QED) is 0.207. The summed E-state index contributed by atoms with van der Waals surface area (Å²) < 4.78 is 1.92. The van der Waals surface area contributed by atoms with Crippen LogP contribution in [0.4, 0.5) is 5.69 Å². The van der Waals surface area contributed by atoms with Crippen LogP contribution in [0.5, 0.6) is 0 Å². The molecule has 3 aromatic rings. The Kier molecular flexibility index (Phi) is 8.26. The molecule has 0 aliphatic heterocycles. The molecule has 160 valence electrons. The van der Waals surface area contributed by atoms with Gasteiger partial charge < -0.3 is 9.88 Å². The molecule has 3 rings (SSSR count). The van der Waals surface area contributed by atoms with Crippen LogP contribution in [0.2, 0.25) is 5.02 Å². The number of hydrogen-bond donors (Lipinski definition) is 2. The molecule has 0 atom stereocenters. The molecular weight excluding hydrogens is 432 g/mol. The number of benzene rings is 2. The van der Waals surface area contributed by atoms with Gasteiger partial charge in [0.25, 0.3) is 5.91 Å². The van der Waals surface area contributed by atoms with E-state index in [1.807, 2.05) is 60.0 Å².